The van der Waals surface area contributed by atoms with E-state index < -0.39 is 12.0 Å². The van der Waals surface area contributed by atoms with Crippen LogP contribution in [-0.2, 0) is 9.53 Å². The highest BCUT2D eigenvalue weighted by atomic mass is 16.5. The van der Waals surface area contributed by atoms with Crippen molar-refractivity contribution in [1.82, 2.24) is 0 Å². The molecule has 174 valence electrons. The maximum atomic E-state index is 11.6. The molecule has 0 rings (SSSR count). The molecule has 0 aromatic rings. The van der Waals surface area contributed by atoms with Crippen LogP contribution in [0.15, 0.2) is 0 Å². The molecule has 0 saturated carbocycles. The summed E-state index contributed by atoms with van der Waals surface area (Å²) in [6, 6.07) is 0. The summed E-state index contributed by atoms with van der Waals surface area (Å²) in [6.45, 7) is 8.36. The van der Waals surface area contributed by atoms with Crippen LogP contribution in [0.2, 0.25) is 0 Å². The van der Waals surface area contributed by atoms with E-state index >= 15 is 0 Å². The van der Waals surface area contributed by atoms with E-state index in [0.717, 1.165) is 6.42 Å². The minimum atomic E-state index is -0.610. The molecule has 0 aliphatic heterocycles. The van der Waals surface area contributed by atoms with E-state index in [1.165, 1.54) is 103 Å². The van der Waals surface area contributed by atoms with Crippen molar-refractivity contribution < 1.29 is 14.6 Å². The van der Waals surface area contributed by atoms with Crippen molar-refractivity contribution in [2.24, 2.45) is 17.8 Å². The van der Waals surface area contributed by atoms with Gasteiger partial charge in [-0.15, -0.1) is 0 Å². The minimum absolute atomic E-state index is 0.130. The molecule has 0 radical (unpaired) electrons. The lowest BCUT2D eigenvalue weighted by atomic mass is 9.85. The third-order valence-corrected chi connectivity index (χ3v) is 6.49. The summed E-state index contributed by atoms with van der Waals surface area (Å²) in [5, 5.41) is 10.3. The van der Waals surface area contributed by atoms with Gasteiger partial charge in [0.2, 0.25) is 0 Å². The molecule has 3 nitrogen and oxygen atoms in total. The second kappa shape index (κ2) is 19.4. The number of hydrogen-bond acceptors (Lipinski definition) is 3. The first kappa shape index (κ1) is 28.4. The van der Waals surface area contributed by atoms with Crippen LogP contribution in [0.3, 0.4) is 0 Å². The summed E-state index contributed by atoms with van der Waals surface area (Å²) in [7, 11) is 1.38. The van der Waals surface area contributed by atoms with Gasteiger partial charge in [-0.3, -0.25) is 4.79 Å². The number of aliphatic hydroxyl groups is 1. The van der Waals surface area contributed by atoms with Gasteiger partial charge in [-0.1, -0.05) is 117 Å². The van der Waals surface area contributed by atoms with E-state index in [-0.39, 0.29) is 11.9 Å². The van der Waals surface area contributed by atoms with E-state index in [2.05, 4.69) is 13.8 Å². The van der Waals surface area contributed by atoms with Gasteiger partial charge in [0.1, 0.15) is 0 Å². The summed E-state index contributed by atoms with van der Waals surface area (Å²) in [5.74, 6) is -0.0280. The zero-order valence-electron chi connectivity index (χ0n) is 20.4. The Morgan fingerprint density at radius 2 is 1.17 bits per heavy atom. The second-order valence-electron chi connectivity index (χ2n) is 9.51. The number of ether oxygens (including phenoxy) is 1. The van der Waals surface area contributed by atoms with E-state index in [1.807, 2.05) is 6.92 Å². The van der Waals surface area contributed by atoms with Gasteiger partial charge in [-0.05, 0) is 25.2 Å². The van der Waals surface area contributed by atoms with Crippen molar-refractivity contribution in [1.29, 1.82) is 0 Å². The first-order valence-electron chi connectivity index (χ1n) is 12.7. The molecular weight excluding hydrogens is 360 g/mol. The monoisotopic (exact) mass is 412 g/mol. The van der Waals surface area contributed by atoms with Gasteiger partial charge >= 0.3 is 5.97 Å². The summed E-state index contributed by atoms with van der Waals surface area (Å²) >= 11 is 0. The third kappa shape index (κ3) is 15.9. The van der Waals surface area contributed by atoms with Crippen molar-refractivity contribution in [2.45, 2.75) is 137 Å². The SMILES string of the molecule is CCCCCCCCCCCCCCCC[C@@H](C)C[C@H](C)[C@@H](O)[C@@H](C)C(=O)OC. The number of rotatable bonds is 20. The molecule has 0 saturated heterocycles. The number of esters is 1. The molecule has 0 amide bonds. The first-order valence-corrected chi connectivity index (χ1v) is 12.7. The van der Waals surface area contributed by atoms with Crippen LogP contribution in [0.5, 0.6) is 0 Å². The van der Waals surface area contributed by atoms with Crippen LogP contribution in [0, 0.1) is 17.8 Å². The van der Waals surface area contributed by atoms with Crippen molar-refractivity contribution in [2.75, 3.05) is 7.11 Å². The Balaban J connectivity index is 3.51. The maximum Gasteiger partial charge on any atom is 0.311 e. The van der Waals surface area contributed by atoms with Gasteiger partial charge in [0, 0.05) is 0 Å². The lowest BCUT2D eigenvalue weighted by Crippen LogP contribution is -2.32. The summed E-state index contributed by atoms with van der Waals surface area (Å²) in [5.41, 5.74) is 0. The van der Waals surface area contributed by atoms with E-state index in [0.29, 0.717) is 5.92 Å². The highest BCUT2D eigenvalue weighted by Crippen LogP contribution is 2.24. The normalized spacial score (nSPS) is 15.7. The molecule has 0 aromatic carbocycles. The smallest absolute Gasteiger partial charge is 0.311 e. The predicted molar refractivity (Wildman–Crippen MR) is 125 cm³/mol. The number of carbonyl (C=O) groups is 1. The Kier molecular flexibility index (Phi) is 19.0. The van der Waals surface area contributed by atoms with Crippen LogP contribution in [0.4, 0.5) is 0 Å². The number of carbonyl (C=O) groups excluding carboxylic acids is 1. The number of unbranched alkanes of at least 4 members (excludes halogenated alkanes) is 13. The Morgan fingerprint density at radius 1 is 0.759 bits per heavy atom. The Labute approximate surface area is 182 Å². The van der Waals surface area contributed by atoms with Crippen molar-refractivity contribution in [3.8, 4) is 0 Å². The number of aliphatic hydroxyl groups excluding tert-OH is 1. The molecule has 4 atom stereocenters. The van der Waals surface area contributed by atoms with Crippen LogP contribution in [0.25, 0.3) is 0 Å². The van der Waals surface area contributed by atoms with Crippen LogP contribution in [0.1, 0.15) is 130 Å². The minimum Gasteiger partial charge on any atom is -0.469 e. The van der Waals surface area contributed by atoms with E-state index in [4.69, 9.17) is 4.74 Å². The van der Waals surface area contributed by atoms with Gasteiger partial charge in [0.05, 0.1) is 19.1 Å². The lowest BCUT2D eigenvalue weighted by Gasteiger charge is -2.25. The lowest BCUT2D eigenvalue weighted by molar-refractivity contribution is -0.150. The van der Waals surface area contributed by atoms with Gasteiger partial charge in [0.25, 0.3) is 0 Å². The molecule has 0 heterocycles. The third-order valence-electron chi connectivity index (χ3n) is 6.49. The highest BCUT2D eigenvalue weighted by molar-refractivity contribution is 5.72. The van der Waals surface area contributed by atoms with Gasteiger partial charge in [-0.25, -0.2) is 0 Å². The highest BCUT2D eigenvalue weighted by Gasteiger charge is 2.28. The molecule has 0 spiro atoms. The topological polar surface area (TPSA) is 46.5 Å². The molecule has 0 bridgehead atoms. The molecule has 0 aromatic heterocycles. The quantitative estimate of drug-likeness (QED) is 0.165. The Morgan fingerprint density at radius 3 is 1.59 bits per heavy atom. The van der Waals surface area contributed by atoms with E-state index in [9.17, 15) is 9.90 Å². The average molecular weight is 413 g/mol. The Hall–Kier alpha value is -0.570. The van der Waals surface area contributed by atoms with Crippen molar-refractivity contribution in [3.05, 3.63) is 0 Å². The molecule has 1 N–H and O–H groups in total. The van der Waals surface area contributed by atoms with Crippen molar-refractivity contribution in [3.63, 3.8) is 0 Å². The van der Waals surface area contributed by atoms with Gasteiger partial charge in [-0.2, -0.15) is 0 Å². The van der Waals surface area contributed by atoms with Crippen LogP contribution in [-0.4, -0.2) is 24.3 Å². The number of hydrogen-bond donors (Lipinski definition) is 1. The fourth-order valence-electron chi connectivity index (χ4n) is 4.40. The molecule has 29 heavy (non-hydrogen) atoms. The largest absolute Gasteiger partial charge is 0.469 e. The molecule has 3 heteroatoms. The van der Waals surface area contributed by atoms with Gasteiger partial charge < -0.3 is 9.84 Å². The summed E-state index contributed by atoms with van der Waals surface area (Å²) in [4.78, 5) is 11.6. The van der Waals surface area contributed by atoms with E-state index in [1.54, 1.807) is 6.92 Å². The Bertz CT molecular complexity index is 369. The zero-order chi connectivity index (χ0) is 21.9. The fraction of sp³-hybridized carbons (Fsp3) is 0.962. The van der Waals surface area contributed by atoms with Crippen LogP contribution >= 0.6 is 0 Å². The zero-order valence-corrected chi connectivity index (χ0v) is 20.4. The predicted octanol–water partition coefficient (Wildman–Crippen LogP) is 7.69. The molecule has 0 aliphatic rings. The van der Waals surface area contributed by atoms with Crippen molar-refractivity contribution >= 4 is 5.97 Å². The maximum absolute atomic E-state index is 11.6. The number of methoxy groups -OCH3 is 1. The van der Waals surface area contributed by atoms with Gasteiger partial charge in [0.15, 0.2) is 0 Å². The average Bonchev–Trinajstić information content (AvgIpc) is 2.72. The summed E-state index contributed by atoms with van der Waals surface area (Å²) in [6.07, 6.45) is 21.1. The molecule has 0 aliphatic carbocycles. The molecule has 0 fully saturated rings. The fourth-order valence-corrected chi connectivity index (χ4v) is 4.40. The van der Waals surface area contributed by atoms with Crippen LogP contribution < -0.4 is 0 Å². The second-order valence-corrected chi connectivity index (χ2v) is 9.51. The standard InChI is InChI=1S/C26H52O3/c1-6-7-8-9-10-11-12-13-14-15-16-17-18-19-20-22(2)21-23(3)25(27)24(4)26(28)29-5/h22-25,27H,6-21H2,1-5H3/t22-,23+,24-,25-/m1/s1. The molecular formula is C26H52O3. The first-order chi connectivity index (χ1) is 13.9. The molecule has 0 unspecified atom stereocenters. The summed E-state index contributed by atoms with van der Waals surface area (Å²) < 4.78 is 4.75.